The number of fused-ring (bicyclic) bond motifs is 1. The van der Waals surface area contributed by atoms with Gasteiger partial charge in [0.2, 0.25) is 0 Å². The molecule has 144 valence electrons. The lowest BCUT2D eigenvalue weighted by molar-refractivity contribution is 0.0512. The Morgan fingerprint density at radius 3 is 2.81 bits per heavy atom. The molecule has 1 amide bonds. The van der Waals surface area contributed by atoms with Crippen LogP contribution >= 0.6 is 15.9 Å². The van der Waals surface area contributed by atoms with Crippen LogP contribution in [0.1, 0.15) is 53.5 Å². The average Bonchev–Trinajstić information content (AvgIpc) is 3.11. The number of aliphatic hydroxyl groups is 1. The van der Waals surface area contributed by atoms with Crippen molar-refractivity contribution in [1.29, 1.82) is 0 Å². The minimum absolute atomic E-state index is 0.175. The van der Waals surface area contributed by atoms with Gasteiger partial charge in [-0.1, -0.05) is 22.0 Å². The Hall–Kier alpha value is -1.70. The molecule has 27 heavy (non-hydrogen) atoms. The summed E-state index contributed by atoms with van der Waals surface area (Å²) in [5.41, 5.74) is 3.38. The van der Waals surface area contributed by atoms with Gasteiger partial charge >= 0.3 is 0 Å². The number of amides is 1. The Balaban J connectivity index is 1.54. The molecule has 2 N–H and O–H groups in total. The third kappa shape index (κ3) is 3.81. The van der Waals surface area contributed by atoms with E-state index < -0.39 is 0 Å². The molecule has 2 aromatic rings. The van der Waals surface area contributed by atoms with Crippen molar-refractivity contribution in [1.82, 2.24) is 14.7 Å². The fourth-order valence-electron chi connectivity index (χ4n) is 4.07. The van der Waals surface area contributed by atoms with Crippen molar-refractivity contribution < 1.29 is 9.90 Å². The Morgan fingerprint density at radius 2 is 2.04 bits per heavy atom. The third-order valence-electron chi connectivity index (χ3n) is 5.69. The molecule has 0 unspecified atom stereocenters. The number of hydrogen-bond acceptors (Lipinski definition) is 4. The van der Waals surface area contributed by atoms with Crippen molar-refractivity contribution in [3.8, 4) is 0 Å². The predicted molar refractivity (Wildman–Crippen MR) is 108 cm³/mol. The second kappa shape index (κ2) is 7.73. The zero-order chi connectivity index (χ0) is 19.0. The zero-order valence-corrected chi connectivity index (χ0v) is 17.1. The number of piperidine rings is 1. The fourth-order valence-corrected chi connectivity index (χ4v) is 4.43. The van der Waals surface area contributed by atoms with Crippen molar-refractivity contribution in [2.45, 2.75) is 51.3 Å². The van der Waals surface area contributed by atoms with Gasteiger partial charge in [-0.3, -0.25) is 14.4 Å². The Bertz CT molecular complexity index is 843. The molecule has 2 aliphatic rings. The van der Waals surface area contributed by atoms with E-state index in [2.05, 4.69) is 31.2 Å². The molecule has 0 aliphatic carbocycles. The number of halogens is 1. The normalized spacial score (nSPS) is 21.1. The molecule has 6 nitrogen and oxygen atoms in total. The lowest BCUT2D eigenvalue weighted by Gasteiger charge is -2.38. The van der Waals surface area contributed by atoms with Gasteiger partial charge in [0.1, 0.15) is 0 Å². The van der Waals surface area contributed by atoms with E-state index in [1.807, 2.05) is 35.9 Å². The third-order valence-corrected chi connectivity index (χ3v) is 6.55. The van der Waals surface area contributed by atoms with Crippen molar-refractivity contribution in [3.05, 3.63) is 45.7 Å². The molecule has 7 heteroatoms. The number of nitrogens with zero attached hydrogens (tertiary/aromatic N) is 3. The molecule has 4 rings (SSSR count). The van der Waals surface area contributed by atoms with Crippen LogP contribution in [0.3, 0.4) is 0 Å². The number of likely N-dealkylation sites (tertiary alicyclic amines) is 1. The summed E-state index contributed by atoms with van der Waals surface area (Å²) in [5, 5.41) is 17.3. The highest BCUT2D eigenvalue weighted by molar-refractivity contribution is 9.10. The van der Waals surface area contributed by atoms with Gasteiger partial charge in [-0.2, -0.15) is 5.10 Å². The van der Waals surface area contributed by atoms with Crippen molar-refractivity contribution in [2.24, 2.45) is 0 Å². The van der Waals surface area contributed by atoms with Crippen molar-refractivity contribution in [2.75, 3.05) is 18.4 Å². The van der Waals surface area contributed by atoms with Crippen molar-refractivity contribution in [3.63, 3.8) is 0 Å². The minimum Gasteiger partial charge on any atom is -0.393 e. The SMILES string of the molecule is Cc1c(Br)cccc1NC(=O)c1cc2n(n1)CCC[C@@H]2N1CCC(O)CC1. The van der Waals surface area contributed by atoms with Gasteiger partial charge < -0.3 is 10.4 Å². The number of anilines is 1. The van der Waals surface area contributed by atoms with Gasteiger partial charge in [-0.25, -0.2) is 0 Å². The number of aryl methyl sites for hydroxylation is 1. The summed E-state index contributed by atoms with van der Waals surface area (Å²) in [5.74, 6) is -0.175. The number of carbonyl (C=O) groups is 1. The van der Waals surface area contributed by atoms with Crippen molar-refractivity contribution >= 4 is 27.5 Å². The second-order valence-corrected chi connectivity index (χ2v) is 8.32. The van der Waals surface area contributed by atoms with E-state index in [1.54, 1.807) is 0 Å². The molecule has 2 aliphatic heterocycles. The Morgan fingerprint density at radius 1 is 1.26 bits per heavy atom. The molecule has 0 radical (unpaired) electrons. The summed E-state index contributed by atoms with van der Waals surface area (Å²) >= 11 is 3.50. The van der Waals surface area contributed by atoms with Gasteiger partial charge in [0.25, 0.3) is 5.91 Å². The van der Waals surface area contributed by atoms with E-state index in [9.17, 15) is 9.90 Å². The maximum Gasteiger partial charge on any atom is 0.276 e. The predicted octanol–water partition coefficient (Wildman–Crippen LogP) is 3.50. The lowest BCUT2D eigenvalue weighted by atomic mass is 9.98. The smallest absolute Gasteiger partial charge is 0.276 e. The van der Waals surface area contributed by atoms with E-state index in [0.717, 1.165) is 66.7 Å². The summed E-state index contributed by atoms with van der Waals surface area (Å²) in [4.78, 5) is 15.2. The lowest BCUT2D eigenvalue weighted by Crippen LogP contribution is -2.40. The first-order valence-corrected chi connectivity index (χ1v) is 10.4. The highest BCUT2D eigenvalue weighted by atomic mass is 79.9. The van der Waals surface area contributed by atoms with E-state index in [-0.39, 0.29) is 18.1 Å². The maximum atomic E-state index is 12.8. The molecule has 0 spiro atoms. The molecule has 1 atom stereocenters. The molecule has 0 bridgehead atoms. The van der Waals surface area contributed by atoms with E-state index in [1.165, 1.54) is 0 Å². The monoisotopic (exact) mass is 432 g/mol. The van der Waals surface area contributed by atoms with Crippen LogP contribution in [0.5, 0.6) is 0 Å². The Kier molecular flexibility index (Phi) is 5.34. The quantitative estimate of drug-likeness (QED) is 0.778. The minimum atomic E-state index is -0.176. The van der Waals surface area contributed by atoms with Crippen LogP contribution in [0, 0.1) is 6.92 Å². The number of aliphatic hydroxyl groups excluding tert-OH is 1. The number of carbonyl (C=O) groups excluding carboxylic acids is 1. The standard InChI is InChI=1S/C20H25BrN4O2/c1-13-15(21)4-2-5-16(13)22-20(27)17-12-19-18(6-3-9-25(19)23-17)24-10-7-14(26)8-11-24/h2,4-5,12,14,18,26H,3,6-11H2,1H3,(H,22,27)/t18-/m0/s1. The fraction of sp³-hybridized carbons (Fsp3) is 0.500. The van der Waals surface area contributed by atoms with Crippen LogP contribution in [0.4, 0.5) is 5.69 Å². The zero-order valence-electron chi connectivity index (χ0n) is 15.5. The average molecular weight is 433 g/mol. The summed E-state index contributed by atoms with van der Waals surface area (Å²) in [6, 6.07) is 7.99. The van der Waals surface area contributed by atoms with Gasteiger partial charge in [0.05, 0.1) is 17.8 Å². The van der Waals surface area contributed by atoms with Crippen LogP contribution in [0.25, 0.3) is 0 Å². The highest BCUT2D eigenvalue weighted by Gasteiger charge is 2.31. The van der Waals surface area contributed by atoms with Crippen LogP contribution < -0.4 is 5.32 Å². The number of aromatic nitrogens is 2. The number of hydrogen-bond donors (Lipinski definition) is 2. The maximum absolute atomic E-state index is 12.8. The molecule has 3 heterocycles. The van der Waals surface area contributed by atoms with E-state index >= 15 is 0 Å². The highest BCUT2D eigenvalue weighted by Crippen LogP contribution is 2.33. The van der Waals surface area contributed by atoms with Gasteiger partial charge in [-0.15, -0.1) is 0 Å². The molecule has 1 fully saturated rings. The first kappa shape index (κ1) is 18.7. The second-order valence-electron chi connectivity index (χ2n) is 7.47. The molecule has 1 aromatic carbocycles. The summed E-state index contributed by atoms with van der Waals surface area (Å²) < 4.78 is 2.96. The van der Waals surface area contributed by atoms with E-state index in [0.29, 0.717) is 5.69 Å². The first-order chi connectivity index (χ1) is 13.0. The molecule has 0 saturated carbocycles. The Labute approximate surface area is 167 Å². The number of benzene rings is 1. The van der Waals surface area contributed by atoms with E-state index in [4.69, 9.17) is 0 Å². The molecular formula is C20H25BrN4O2. The van der Waals surface area contributed by atoms with Crippen LogP contribution in [0.15, 0.2) is 28.7 Å². The van der Waals surface area contributed by atoms with Gasteiger partial charge in [0.15, 0.2) is 5.69 Å². The number of rotatable bonds is 3. The van der Waals surface area contributed by atoms with Crippen LogP contribution in [0.2, 0.25) is 0 Å². The first-order valence-electron chi connectivity index (χ1n) is 9.59. The topological polar surface area (TPSA) is 70.4 Å². The molecule has 1 saturated heterocycles. The van der Waals surface area contributed by atoms with Gasteiger partial charge in [0, 0.05) is 29.8 Å². The summed E-state index contributed by atoms with van der Waals surface area (Å²) in [6.07, 6.45) is 3.60. The number of nitrogens with one attached hydrogen (secondary N) is 1. The van der Waals surface area contributed by atoms with Crippen LogP contribution in [-0.2, 0) is 6.54 Å². The summed E-state index contributed by atoms with van der Waals surface area (Å²) in [6.45, 7) is 4.62. The largest absolute Gasteiger partial charge is 0.393 e. The summed E-state index contributed by atoms with van der Waals surface area (Å²) in [7, 11) is 0. The van der Waals surface area contributed by atoms with Crippen LogP contribution in [-0.4, -0.2) is 44.9 Å². The molecular weight excluding hydrogens is 408 g/mol. The molecule has 1 aromatic heterocycles. The van der Waals surface area contributed by atoms with Gasteiger partial charge in [-0.05, 0) is 56.4 Å².